The third-order valence-corrected chi connectivity index (χ3v) is 2.69. The lowest BCUT2D eigenvalue weighted by Gasteiger charge is -1.93. The molecule has 0 atom stereocenters. The summed E-state index contributed by atoms with van der Waals surface area (Å²) in [6, 6.07) is 10.9. The Bertz CT molecular complexity index is 484. The number of hydrogen-bond donors (Lipinski definition) is 2. The van der Waals surface area contributed by atoms with Gasteiger partial charge >= 0.3 is 0 Å². The third-order valence-electron chi connectivity index (χ3n) is 1.71. The van der Waals surface area contributed by atoms with Crippen molar-refractivity contribution in [3.05, 3.63) is 57.5 Å². The SMILES string of the molecule is Oc1ccc(Cl)c(Cl)c1.Oc1cccc(Cl)c1. The Kier molecular flexibility index (Phi) is 5.42. The first-order valence-electron chi connectivity index (χ1n) is 4.57. The molecule has 0 bridgehead atoms. The quantitative estimate of drug-likeness (QED) is 0.735. The summed E-state index contributed by atoms with van der Waals surface area (Å²) in [6.45, 7) is 0. The lowest BCUT2D eigenvalue weighted by Crippen LogP contribution is -1.66. The van der Waals surface area contributed by atoms with Gasteiger partial charge in [-0.05, 0) is 36.4 Å². The van der Waals surface area contributed by atoms with Crippen LogP contribution >= 0.6 is 34.8 Å². The molecule has 0 aliphatic carbocycles. The Hall–Kier alpha value is -1.09. The van der Waals surface area contributed by atoms with E-state index >= 15 is 0 Å². The van der Waals surface area contributed by atoms with Crippen molar-refractivity contribution >= 4 is 34.8 Å². The van der Waals surface area contributed by atoms with E-state index in [2.05, 4.69) is 0 Å². The van der Waals surface area contributed by atoms with Crippen molar-refractivity contribution in [2.75, 3.05) is 0 Å². The van der Waals surface area contributed by atoms with Crippen LogP contribution in [-0.2, 0) is 0 Å². The van der Waals surface area contributed by atoms with Gasteiger partial charge in [0.2, 0.25) is 0 Å². The molecule has 0 saturated carbocycles. The molecular formula is C12H9Cl3O2. The molecule has 2 nitrogen and oxygen atoms in total. The molecule has 0 aliphatic heterocycles. The van der Waals surface area contributed by atoms with Crippen LogP contribution in [0.5, 0.6) is 11.5 Å². The van der Waals surface area contributed by atoms with Gasteiger partial charge in [0.1, 0.15) is 11.5 Å². The third kappa shape index (κ3) is 5.18. The van der Waals surface area contributed by atoms with Crippen molar-refractivity contribution in [3.8, 4) is 11.5 Å². The molecule has 2 aromatic carbocycles. The highest BCUT2D eigenvalue weighted by Gasteiger charge is 1.95. The maximum absolute atomic E-state index is 8.79. The van der Waals surface area contributed by atoms with Gasteiger partial charge in [0.25, 0.3) is 0 Å². The zero-order valence-electron chi connectivity index (χ0n) is 8.57. The number of phenols is 2. The van der Waals surface area contributed by atoms with E-state index in [1.165, 1.54) is 18.2 Å². The van der Waals surface area contributed by atoms with Gasteiger partial charge in [-0.1, -0.05) is 40.9 Å². The number of rotatable bonds is 0. The average molecular weight is 292 g/mol. The average Bonchev–Trinajstić information content (AvgIpc) is 2.24. The first kappa shape index (κ1) is 14.0. The lowest BCUT2D eigenvalue weighted by molar-refractivity contribution is 0.475. The summed E-state index contributed by atoms with van der Waals surface area (Å²) in [5.74, 6) is 0.335. The summed E-state index contributed by atoms with van der Waals surface area (Å²) in [6.07, 6.45) is 0. The van der Waals surface area contributed by atoms with Gasteiger partial charge < -0.3 is 10.2 Å². The summed E-state index contributed by atoms with van der Waals surface area (Å²) in [5.41, 5.74) is 0. The fourth-order valence-corrected chi connectivity index (χ4v) is 1.44. The summed E-state index contributed by atoms with van der Waals surface area (Å²) >= 11 is 16.5. The molecule has 2 rings (SSSR count). The second kappa shape index (κ2) is 6.60. The van der Waals surface area contributed by atoms with E-state index in [1.54, 1.807) is 24.3 Å². The van der Waals surface area contributed by atoms with Crippen LogP contribution in [0.4, 0.5) is 0 Å². The van der Waals surface area contributed by atoms with Crippen molar-refractivity contribution in [1.82, 2.24) is 0 Å². The highest BCUT2D eigenvalue weighted by Crippen LogP contribution is 2.25. The Labute approximate surface area is 114 Å². The van der Waals surface area contributed by atoms with Crippen LogP contribution in [0.1, 0.15) is 0 Å². The first-order valence-corrected chi connectivity index (χ1v) is 5.71. The van der Waals surface area contributed by atoms with Crippen LogP contribution in [0.3, 0.4) is 0 Å². The van der Waals surface area contributed by atoms with Crippen LogP contribution < -0.4 is 0 Å². The van der Waals surface area contributed by atoms with E-state index in [-0.39, 0.29) is 11.5 Å². The molecule has 0 fully saturated rings. The number of benzene rings is 2. The van der Waals surface area contributed by atoms with Crippen molar-refractivity contribution in [2.45, 2.75) is 0 Å². The van der Waals surface area contributed by atoms with E-state index in [0.717, 1.165) is 0 Å². The molecule has 5 heteroatoms. The zero-order valence-corrected chi connectivity index (χ0v) is 10.8. The van der Waals surface area contributed by atoms with Crippen LogP contribution in [-0.4, -0.2) is 10.2 Å². The summed E-state index contributed by atoms with van der Waals surface area (Å²) in [7, 11) is 0. The molecule has 17 heavy (non-hydrogen) atoms. The Morgan fingerprint density at radius 2 is 1.35 bits per heavy atom. The minimum atomic E-state index is 0.129. The van der Waals surface area contributed by atoms with E-state index in [9.17, 15) is 0 Å². The maximum atomic E-state index is 8.79. The van der Waals surface area contributed by atoms with Gasteiger partial charge in [0, 0.05) is 5.02 Å². The number of hydrogen-bond acceptors (Lipinski definition) is 2. The van der Waals surface area contributed by atoms with Crippen molar-refractivity contribution in [3.63, 3.8) is 0 Å². The lowest BCUT2D eigenvalue weighted by atomic mass is 10.3. The fourth-order valence-electron chi connectivity index (χ4n) is 0.961. The highest BCUT2D eigenvalue weighted by molar-refractivity contribution is 6.42. The Morgan fingerprint density at radius 1 is 0.706 bits per heavy atom. The summed E-state index contributed by atoms with van der Waals surface area (Å²) in [5, 5.41) is 18.9. The van der Waals surface area contributed by atoms with Crippen LogP contribution in [0.2, 0.25) is 15.1 Å². The van der Waals surface area contributed by atoms with Gasteiger partial charge in [-0.3, -0.25) is 0 Å². The molecule has 0 aliphatic rings. The van der Waals surface area contributed by atoms with E-state index < -0.39 is 0 Å². The molecule has 0 amide bonds. The zero-order chi connectivity index (χ0) is 12.8. The Balaban J connectivity index is 0.000000171. The largest absolute Gasteiger partial charge is 0.508 e. The molecule has 2 N–H and O–H groups in total. The highest BCUT2D eigenvalue weighted by atomic mass is 35.5. The molecule has 0 spiro atoms. The van der Waals surface area contributed by atoms with E-state index in [4.69, 9.17) is 45.0 Å². The van der Waals surface area contributed by atoms with E-state index in [1.807, 2.05) is 0 Å². The van der Waals surface area contributed by atoms with E-state index in [0.29, 0.717) is 15.1 Å². The van der Waals surface area contributed by atoms with Crippen LogP contribution in [0.15, 0.2) is 42.5 Å². The molecule has 0 aromatic heterocycles. The number of halogens is 3. The predicted octanol–water partition coefficient (Wildman–Crippen LogP) is 4.74. The van der Waals surface area contributed by atoms with Gasteiger partial charge in [0.05, 0.1) is 10.0 Å². The molecule has 0 heterocycles. The topological polar surface area (TPSA) is 40.5 Å². The molecular weight excluding hydrogens is 282 g/mol. The summed E-state index contributed by atoms with van der Waals surface area (Å²) in [4.78, 5) is 0. The predicted molar refractivity (Wildman–Crippen MR) is 71.2 cm³/mol. The Morgan fingerprint density at radius 3 is 1.76 bits per heavy atom. The standard InChI is InChI=1S/C6H4Cl2O.C6H5ClO/c7-5-2-1-4(9)3-6(5)8;7-5-2-1-3-6(8)4-5/h1-3,9H;1-4,8H. The molecule has 0 saturated heterocycles. The fraction of sp³-hybridized carbons (Fsp3) is 0. The normalized spacial score (nSPS) is 9.35. The smallest absolute Gasteiger partial charge is 0.117 e. The van der Waals surface area contributed by atoms with Gasteiger partial charge in [-0.2, -0.15) is 0 Å². The van der Waals surface area contributed by atoms with Gasteiger partial charge in [0.15, 0.2) is 0 Å². The minimum Gasteiger partial charge on any atom is -0.508 e. The van der Waals surface area contributed by atoms with Crippen molar-refractivity contribution in [1.29, 1.82) is 0 Å². The molecule has 0 unspecified atom stereocenters. The molecule has 0 radical (unpaired) electrons. The number of aromatic hydroxyl groups is 2. The van der Waals surface area contributed by atoms with Crippen LogP contribution in [0, 0.1) is 0 Å². The maximum Gasteiger partial charge on any atom is 0.117 e. The second-order valence-electron chi connectivity index (χ2n) is 3.08. The first-order chi connectivity index (χ1) is 7.99. The van der Waals surface area contributed by atoms with Crippen molar-refractivity contribution < 1.29 is 10.2 Å². The van der Waals surface area contributed by atoms with Crippen molar-refractivity contribution in [2.24, 2.45) is 0 Å². The number of phenolic OH excluding ortho intramolecular Hbond substituents is 2. The van der Waals surface area contributed by atoms with Gasteiger partial charge in [-0.25, -0.2) is 0 Å². The monoisotopic (exact) mass is 290 g/mol. The second-order valence-corrected chi connectivity index (χ2v) is 4.33. The van der Waals surface area contributed by atoms with Crippen LogP contribution in [0.25, 0.3) is 0 Å². The minimum absolute atomic E-state index is 0.129. The molecule has 2 aromatic rings. The van der Waals surface area contributed by atoms with Gasteiger partial charge in [-0.15, -0.1) is 0 Å². The molecule has 90 valence electrons. The summed E-state index contributed by atoms with van der Waals surface area (Å²) < 4.78 is 0.